The summed E-state index contributed by atoms with van der Waals surface area (Å²) < 4.78 is 36.8. The average Bonchev–Trinajstić information content (AvgIpc) is 2.27. The minimum Gasteiger partial charge on any atom is -0.478 e. The number of hydrogen-bond donors (Lipinski definition) is 2. The Balaban J connectivity index is 3.18. The molecule has 1 aromatic carbocycles. The quantitative estimate of drug-likeness (QED) is 0.808. The van der Waals surface area contributed by atoms with Crippen LogP contribution in [0.1, 0.15) is 10.4 Å². The molecule has 1 rings (SSSR count). The highest BCUT2D eigenvalue weighted by Gasteiger charge is 2.23. The number of sulfone groups is 1. The first-order valence-electron chi connectivity index (χ1n) is 4.74. The number of halogens is 1. The summed E-state index contributed by atoms with van der Waals surface area (Å²) in [6.07, 6.45) is 0. The molecule has 0 saturated heterocycles. The third kappa shape index (κ3) is 3.04. The summed E-state index contributed by atoms with van der Waals surface area (Å²) in [7, 11) is -2.87. The number of aromatic carboxylic acids is 1. The molecule has 18 heavy (non-hydrogen) atoms. The lowest BCUT2D eigenvalue weighted by molar-refractivity contribution is -0.118. The van der Waals surface area contributed by atoms with Gasteiger partial charge in [0.15, 0.2) is 9.84 Å². The molecule has 0 aromatic heterocycles. The molecule has 1 aromatic rings. The van der Waals surface area contributed by atoms with Crippen molar-refractivity contribution in [2.45, 2.75) is 4.90 Å². The van der Waals surface area contributed by atoms with Crippen molar-refractivity contribution >= 4 is 21.7 Å². The van der Waals surface area contributed by atoms with Crippen molar-refractivity contribution in [3.63, 3.8) is 0 Å². The monoisotopic (exact) mass is 275 g/mol. The van der Waals surface area contributed by atoms with Crippen molar-refractivity contribution in [2.75, 3.05) is 12.8 Å². The Kier molecular flexibility index (Phi) is 4.02. The third-order valence-corrected chi connectivity index (χ3v) is 3.76. The zero-order valence-corrected chi connectivity index (χ0v) is 10.1. The molecule has 0 unspecified atom stereocenters. The second-order valence-corrected chi connectivity index (χ2v) is 5.34. The van der Waals surface area contributed by atoms with E-state index >= 15 is 0 Å². The molecule has 0 aliphatic heterocycles. The van der Waals surface area contributed by atoms with Gasteiger partial charge >= 0.3 is 5.97 Å². The predicted molar refractivity (Wildman–Crippen MR) is 59.5 cm³/mol. The van der Waals surface area contributed by atoms with Gasteiger partial charge in [0.05, 0.1) is 5.56 Å². The van der Waals surface area contributed by atoms with Crippen LogP contribution in [0, 0.1) is 5.82 Å². The molecular weight excluding hydrogens is 265 g/mol. The SMILES string of the molecule is CNC(=O)CS(=O)(=O)c1ccc(C(=O)O)cc1F. The molecule has 0 spiro atoms. The van der Waals surface area contributed by atoms with Gasteiger partial charge < -0.3 is 10.4 Å². The van der Waals surface area contributed by atoms with Crippen molar-refractivity contribution in [3.05, 3.63) is 29.6 Å². The zero-order valence-electron chi connectivity index (χ0n) is 9.31. The zero-order chi connectivity index (χ0) is 13.9. The second-order valence-electron chi connectivity index (χ2n) is 3.38. The highest BCUT2D eigenvalue weighted by atomic mass is 32.2. The predicted octanol–water partition coefficient (Wildman–Crippen LogP) is 0.0436. The molecule has 8 heteroatoms. The maximum atomic E-state index is 13.5. The van der Waals surface area contributed by atoms with E-state index in [2.05, 4.69) is 5.32 Å². The first kappa shape index (κ1) is 14.1. The van der Waals surface area contributed by atoms with Crippen molar-refractivity contribution in [1.29, 1.82) is 0 Å². The lowest BCUT2D eigenvalue weighted by atomic mass is 10.2. The number of carbonyl (C=O) groups is 2. The van der Waals surface area contributed by atoms with Crippen LogP contribution in [0.5, 0.6) is 0 Å². The summed E-state index contributed by atoms with van der Waals surface area (Å²) in [5.41, 5.74) is -0.369. The Morgan fingerprint density at radius 2 is 2.00 bits per heavy atom. The van der Waals surface area contributed by atoms with Gasteiger partial charge in [-0.1, -0.05) is 0 Å². The van der Waals surface area contributed by atoms with Crippen LogP contribution in [0.2, 0.25) is 0 Å². The normalized spacial score (nSPS) is 11.0. The molecule has 0 saturated carbocycles. The van der Waals surface area contributed by atoms with Crippen LogP contribution in [0.4, 0.5) is 4.39 Å². The molecule has 0 heterocycles. The van der Waals surface area contributed by atoms with Crippen molar-refractivity contribution in [1.82, 2.24) is 5.32 Å². The Hall–Kier alpha value is -1.96. The Bertz CT molecular complexity index is 596. The summed E-state index contributed by atoms with van der Waals surface area (Å²) in [6, 6.07) is 2.39. The van der Waals surface area contributed by atoms with Gasteiger partial charge in [-0.15, -0.1) is 0 Å². The molecule has 1 amide bonds. The van der Waals surface area contributed by atoms with E-state index in [0.717, 1.165) is 12.1 Å². The van der Waals surface area contributed by atoms with E-state index in [4.69, 9.17) is 5.11 Å². The van der Waals surface area contributed by atoms with E-state index < -0.39 is 38.2 Å². The molecule has 0 fully saturated rings. The number of hydrogen-bond acceptors (Lipinski definition) is 4. The Morgan fingerprint density at radius 3 is 2.44 bits per heavy atom. The summed E-state index contributed by atoms with van der Waals surface area (Å²) in [6.45, 7) is 0. The van der Waals surface area contributed by atoms with E-state index in [1.807, 2.05) is 0 Å². The number of nitrogens with one attached hydrogen (secondary N) is 1. The van der Waals surface area contributed by atoms with Crippen LogP contribution in [0.25, 0.3) is 0 Å². The van der Waals surface area contributed by atoms with E-state index in [-0.39, 0.29) is 5.56 Å². The lowest BCUT2D eigenvalue weighted by Gasteiger charge is -2.05. The third-order valence-electron chi connectivity index (χ3n) is 2.11. The number of carboxylic acids is 1. The van der Waals surface area contributed by atoms with Crippen molar-refractivity contribution in [2.24, 2.45) is 0 Å². The minimum absolute atomic E-state index is 0.369. The number of carbonyl (C=O) groups excluding carboxylic acids is 1. The number of carboxylic acid groups (broad SMARTS) is 1. The molecule has 0 aliphatic carbocycles. The van der Waals surface area contributed by atoms with Gasteiger partial charge in [0.1, 0.15) is 16.5 Å². The highest BCUT2D eigenvalue weighted by Crippen LogP contribution is 2.17. The first-order valence-corrected chi connectivity index (χ1v) is 6.39. The van der Waals surface area contributed by atoms with E-state index in [0.29, 0.717) is 6.07 Å². The molecule has 0 aliphatic rings. The van der Waals surface area contributed by atoms with Crippen molar-refractivity contribution < 1.29 is 27.5 Å². The summed E-state index contributed by atoms with van der Waals surface area (Å²) in [5.74, 6) is -4.24. The first-order chi connectivity index (χ1) is 8.27. The van der Waals surface area contributed by atoms with Gasteiger partial charge in [0.2, 0.25) is 5.91 Å². The van der Waals surface area contributed by atoms with Gasteiger partial charge in [-0.2, -0.15) is 0 Å². The fourth-order valence-electron chi connectivity index (χ4n) is 1.21. The van der Waals surface area contributed by atoms with E-state index in [9.17, 15) is 22.4 Å². The maximum absolute atomic E-state index is 13.5. The van der Waals surface area contributed by atoms with Gasteiger partial charge in [-0.3, -0.25) is 4.79 Å². The largest absolute Gasteiger partial charge is 0.478 e. The Labute approximate surface area is 102 Å². The second kappa shape index (κ2) is 5.13. The van der Waals surface area contributed by atoms with Gasteiger partial charge in [-0.25, -0.2) is 17.6 Å². The van der Waals surface area contributed by atoms with Crippen LogP contribution in [0.3, 0.4) is 0 Å². The summed E-state index contributed by atoms with van der Waals surface area (Å²) in [4.78, 5) is 20.8. The summed E-state index contributed by atoms with van der Waals surface area (Å²) in [5, 5.41) is 10.7. The van der Waals surface area contributed by atoms with Gasteiger partial charge in [0, 0.05) is 7.05 Å². The fraction of sp³-hybridized carbons (Fsp3) is 0.200. The van der Waals surface area contributed by atoms with E-state index in [1.165, 1.54) is 7.05 Å². The fourth-order valence-corrected chi connectivity index (χ4v) is 2.49. The van der Waals surface area contributed by atoms with Crippen LogP contribution < -0.4 is 5.32 Å². The van der Waals surface area contributed by atoms with E-state index in [1.54, 1.807) is 0 Å². The molecule has 0 atom stereocenters. The molecule has 98 valence electrons. The van der Waals surface area contributed by atoms with Crippen LogP contribution in [0.15, 0.2) is 23.1 Å². The number of amides is 1. The maximum Gasteiger partial charge on any atom is 0.335 e. The standard InChI is InChI=1S/C10H10FNO5S/c1-12-9(13)5-18(16,17)8-3-2-6(10(14)15)4-7(8)11/h2-4H,5H2,1H3,(H,12,13)(H,14,15). The van der Waals surface area contributed by atoms with Crippen LogP contribution in [-0.2, 0) is 14.6 Å². The Morgan fingerprint density at radius 1 is 1.39 bits per heavy atom. The molecule has 0 bridgehead atoms. The molecular formula is C10H10FNO5S. The van der Waals surface area contributed by atoms with Gasteiger partial charge in [0.25, 0.3) is 0 Å². The lowest BCUT2D eigenvalue weighted by Crippen LogP contribution is -2.27. The highest BCUT2D eigenvalue weighted by molar-refractivity contribution is 7.92. The van der Waals surface area contributed by atoms with Crippen molar-refractivity contribution in [3.8, 4) is 0 Å². The number of rotatable bonds is 4. The summed E-state index contributed by atoms with van der Waals surface area (Å²) >= 11 is 0. The smallest absolute Gasteiger partial charge is 0.335 e. The van der Waals surface area contributed by atoms with Crippen LogP contribution in [-0.4, -0.2) is 38.2 Å². The topological polar surface area (TPSA) is 101 Å². The average molecular weight is 275 g/mol. The van der Waals surface area contributed by atoms with Crippen LogP contribution >= 0.6 is 0 Å². The molecule has 0 radical (unpaired) electrons. The van der Waals surface area contributed by atoms with Gasteiger partial charge in [-0.05, 0) is 18.2 Å². The molecule has 6 nitrogen and oxygen atoms in total. The minimum atomic E-state index is -4.12. The number of benzene rings is 1. The molecule has 2 N–H and O–H groups in total.